The Bertz CT molecular complexity index is 352. The van der Waals surface area contributed by atoms with E-state index in [2.05, 4.69) is 4.99 Å². The highest BCUT2D eigenvalue weighted by molar-refractivity contribution is 8.13. The van der Waals surface area contributed by atoms with E-state index in [0.717, 1.165) is 5.56 Å². The SMILES string of the molecule is CSC1=NCOC1(O)c1ccccc1. The van der Waals surface area contributed by atoms with Gasteiger partial charge in [-0.05, 0) is 6.26 Å². The Morgan fingerprint density at radius 2 is 2.14 bits per heavy atom. The van der Waals surface area contributed by atoms with E-state index < -0.39 is 5.79 Å². The van der Waals surface area contributed by atoms with Crippen LogP contribution in [0.15, 0.2) is 35.3 Å². The average Bonchev–Trinajstić information content (AvgIpc) is 2.62. The van der Waals surface area contributed by atoms with Gasteiger partial charge in [0.2, 0.25) is 5.79 Å². The van der Waals surface area contributed by atoms with Gasteiger partial charge in [0.15, 0.2) is 0 Å². The van der Waals surface area contributed by atoms with Gasteiger partial charge in [0, 0.05) is 5.56 Å². The van der Waals surface area contributed by atoms with Crippen molar-refractivity contribution in [2.75, 3.05) is 13.0 Å². The van der Waals surface area contributed by atoms with Crippen LogP contribution in [0.5, 0.6) is 0 Å². The van der Waals surface area contributed by atoms with E-state index in [-0.39, 0.29) is 6.73 Å². The molecular formula is C10H11NO2S. The fraction of sp³-hybridized carbons (Fsp3) is 0.300. The number of aliphatic imine (C=N–C) groups is 1. The van der Waals surface area contributed by atoms with Crippen LogP contribution in [0.2, 0.25) is 0 Å². The van der Waals surface area contributed by atoms with Crippen molar-refractivity contribution in [2.24, 2.45) is 4.99 Å². The van der Waals surface area contributed by atoms with Crippen molar-refractivity contribution in [3.05, 3.63) is 35.9 Å². The lowest BCUT2D eigenvalue weighted by atomic mass is 10.1. The summed E-state index contributed by atoms with van der Waals surface area (Å²) in [5.41, 5.74) is 0.727. The monoisotopic (exact) mass is 209 g/mol. The Morgan fingerprint density at radius 3 is 2.79 bits per heavy atom. The van der Waals surface area contributed by atoms with E-state index in [1.807, 2.05) is 36.6 Å². The molecule has 1 aromatic carbocycles. The van der Waals surface area contributed by atoms with Gasteiger partial charge in [-0.15, -0.1) is 11.8 Å². The van der Waals surface area contributed by atoms with Crippen LogP contribution in [-0.2, 0) is 10.5 Å². The van der Waals surface area contributed by atoms with Crippen LogP contribution in [0.25, 0.3) is 0 Å². The maximum atomic E-state index is 10.2. The highest BCUT2D eigenvalue weighted by Gasteiger charge is 2.39. The van der Waals surface area contributed by atoms with Crippen molar-refractivity contribution in [1.82, 2.24) is 0 Å². The third-order valence-corrected chi connectivity index (χ3v) is 2.92. The molecule has 4 heteroatoms. The fourth-order valence-electron chi connectivity index (χ4n) is 1.43. The van der Waals surface area contributed by atoms with E-state index in [4.69, 9.17) is 4.74 Å². The zero-order chi connectivity index (χ0) is 10.0. The van der Waals surface area contributed by atoms with Crippen molar-refractivity contribution in [2.45, 2.75) is 5.79 Å². The second-order valence-corrected chi connectivity index (χ2v) is 3.75. The molecular weight excluding hydrogens is 198 g/mol. The Kier molecular flexibility index (Phi) is 2.58. The molecule has 3 nitrogen and oxygen atoms in total. The van der Waals surface area contributed by atoms with Gasteiger partial charge in [0.25, 0.3) is 0 Å². The van der Waals surface area contributed by atoms with Gasteiger partial charge in [0.1, 0.15) is 11.8 Å². The second kappa shape index (κ2) is 3.73. The number of hydrogen-bond acceptors (Lipinski definition) is 4. The van der Waals surface area contributed by atoms with Gasteiger partial charge >= 0.3 is 0 Å². The van der Waals surface area contributed by atoms with E-state index in [1.165, 1.54) is 11.8 Å². The Morgan fingerprint density at radius 1 is 1.43 bits per heavy atom. The zero-order valence-electron chi connectivity index (χ0n) is 7.80. The Hall–Kier alpha value is -0.840. The number of nitrogens with zero attached hydrogens (tertiary/aromatic N) is 1. The lowest BCUT2D eigenvalue weighted by Gasteiger charge is -2.22. The minimum Gasteiger partial charge on any atom is -0.356 e. The van der Waals surface area contributed by atoms with Crippen LogP contribution in [0, 0.1) is 0 Å². The van der Waals surface area contributed by atoms with E-state index in [0.29, 0.717) is 5.04 Å². The number of aliphatic hydroxyl groups is 1. The van der Waals surface area contributed by atoms with Gasteiger partial charge in [-0.3, -0.25) is 0 Å². The summed E-state index contributed by atoms with van der Waals surface area (Å²) in [6.07, 6.45) is 1.88. The predicted molar refractivity (Wildman–Crippen MR) is 57.2 cm³/mol. The number of ether oxygens (including phenoxy) is 1. The van der Waals surface area contributed by atoms with Crippen LogP contribution in [0.3, 0.4) is 0 Å². The largest absolute Gasteiger partial charge is 0.356 e. The first kappa shape index (κ1) is 9.71. The molecule has 0 amide bonds. The first-order valence-electron chi connectivity index (χ1n) is 4.28. The molecule has 0 saturated heterocycles. The Labute approximate surface area is 86.8 Å². The van der Waals surface area contributed by atoms with E-state index in [9.17, 15) is 5.11 Å². The third kappa shape index (κ3) is 1.45. The van der Waals surface area contributed by atoms with Crippen LogP contribution < -0.4 is 0 Å². The standard InChI is InChI=1S/C10H11NO2S/c1-14-9-10(12,13-7-11-9)8-5-3-2-4-6-8/h2-6,12H,7H2,1H3. The topological polar surface area (TPSA) is 41.8 Å². The molecule has 0 bridgehead atoms. The number of rotatable bonds is 1. The highest BCUT2D eigenvalue weighted by atomic mass is 32.2. The van der Waals surface area contributed by atoms with Crippen LogP contribution in [-0.4, -0.2) is 23.1 Å². The van der Waals surface area contributed by atoms with Crippen molar-refractivity contribution in [1.29, 1.82) is 0 Å². The van der Waals surface area contributed by atoms with E-state index >= 15 is 0 Å². The quantitative estimate of drug-likeness (QED) is 0.763. The molecule has 1 aromatic rings. The highest BCUT2D eigenvalue weighted by Crippen LogP contribution is 2.32. The molecule has 1 N–H and O–H groups in total. The molecule has 0 radical (unpaired) electrons. The van der Waals surface area contributed by atoms with Crippen molar-refractivity contribution in [3.8, 4) is 0 Å². The summed E-state index contributed by atoms with van der Waals surface area (Å²) < 4.78 is 5.26. The van der Waals surface area contributed by atoms with Crippen molar-refractivity contribution in [3.63, 3.8) is 0 Å². The van der Waals surface area contributed by atoms with Crippen LogP contribution in [0.1, 0.15) is 5.56 Å². The normalized spacial score (nSPS) is 26.3. The molecule has 1 aliphatic rings. The minimum absolute atomic E-state index is 0.224. The number of thioether (sulfide) groups is 1. The summed E-state index contributed by atoms with van der Waals surface area (Å²) in [4.78, 5) is 4.09. The molecule has 1 aliphatic heterocycles. The first-order chi connectivity index (χ1) is 6.77. The second-order valence-electron chi connectivity index (χ2n) is 2.95. The maximum Gasteiger partial charge on any atom is 0.244 e. The van der Waals surface area contributed by atoms with Gasteiger partial charge in [0.05, 0.1) is 0 Å². The van der Waals surface area contributed by atoms with Crippen LogP contribution >= 0.6 is 11.8 Å². The summed E-state index contributed by atoms with van der Waals surface area (Å²) in [6, 6.07) is 9.30. The molecule has 1 heterocycles. The summed E-state index contributed by atoms with van der Waals surface area (Å²) in [6.45, 7) is 0.224. The molecule has 0 fully saturated rings. The minimum atomic E-state index is -1.33. The van der Waals surface area contributed by atoms with Crippen molar-refractivity contribution >= 4 is 16.8 Å². The van der Waals surface area contributed by atoms with Gasteiger partial charge < -0.3 is 9.84 Å². The molecule has 2 rings (SSSR count). The molecule has 0 aromatic heterocycles. The molecule has 14 heavy (non-hydrogen) atoms. The first-order valence-corrected chi connectivity index (χ1v) is 5.50. The van der Waals surface area contributed by atoms with Gasteiger partial charge in [-0.2, -0.15) is 0 Å². The van der Waals surface area contributed by atoms with Crippen LogP contribution in [0.4, 0.5) is 0 Å². The lowest BCUT2D eigenvalue weighted by Crippen LogP contribution is -2.32. The molecule has 0 spiro atoms. The predicted octanol–water partition coefficient (Wildman–Crippen LogP) is 1.58. The third-order valence-electron chi connectivity index (χ3n) is 2.13. The zero-order valence-corrected chi connectivity index (χ0v) is 8.62. The Balaban J connectivity index is 2.38. The molecule has 74 valence electrons. The smallest absolute Gasteiger partial charge is 0.244 e. The lowest BCUT2D eigenvalue weighted by molar-refractivity contribution is -0.139. The summed E-state index contributed by atoms with van der Waals surface area (Å²) in [5.74, 6) is -1.33. The van der Waals surface area contributed by atoms with Crippen molar-refractivity contribution < 1.29 is 9.84 Å². The fourth-order valence-corrected chi connectivity index (χ4v) is 2.06. The number of hydrogen-bond donors (Lipinski definition) is 1. The summed E-state index contributed by atoms with van der Waals surface area (Å²) in [7, 11) is 0. The molecule has 1 unspecified atom stereocenters. The number of benzene rings is 1. The molecule has 0 saturated carbocycles. The summed E-state index contributed by atoms with van der Waals surface area (Å²) >= 11 is 1.41. The molecule has 1 atom stereocenters. The van der Waals surface area contributed by atoms with Gasteiger partial charge in [-0.25, -0.2) is 4.99 Å². The summed E-state index contributed by atoms with van der Waals surface area (Å²) in [5, 5.41) is 10.9. The van der Waals surface area contributed by atoms with E-state index in [1.54, 1.807) is 0 Å². The average molecular weight is 209 g/mol. The molecule has 0 aliphatic carbocycles. The maximum absolute atomic E-state index is 10.2. The van der Waals surface area contributed by atoms with Gasteiger partial charge in [-0.1, -0.05) is 30.3 Å².